The van der Waals surface area contributed by atoms with Gasteiger partial charge in [0.15, 0.2) is 11.9 Å². The maximum atomic E-state index is 12.1. The summed E-state index contributed by atoms with van der Waals surface area (Å²) in [7, 11) is 0. The van der Waals surface area contributed by atoms with E-state index in [0.29, 0.717) is 6.54 Å². The second-order valence-electron chi connectivity index (χ2n) is 4.12. The monoisotopic (exact) mass is 258 g/mol. The minimum absolute atomic E-state index is 0.141. The van der Waals surface area contributed by atoms with Crippen LogP contribution in [0.3, 0.4) is 0 Å². The summed E-state index contributed by atoms with van der Waals surface area (Å²) in [5, 5.41) is 0. The van der Waals surface area contributed by atoms with Gasteiger partial charge in [0.2, 0.25) is 12.3 Å². The van der Waals surface area contributed by atoms with Crippen molar-refractivity contribution in [1.29, 1.82) is 0 Å². The molecule has 2 aromatic rings. The van der Waals surface area contributed by atoms with Crippen molar-refractivity contribution in [3.8, 4) is 0 Å². The van der Waals surface area contributed by atoms with Gasteiger partial charge in [-0.25, -0.2) is 0 Å². The molecule has 1 aromatic heterocycles. The molecule has 1 heterocycles. The number of hydrogen-bond acceptors (Lipinski definition) is 2. The molecule has 0 amide bonds. The summed E-state index contributed by atoms with van der Waals surface area (Å²) in [6.45, 7) is 2.40. The molecule has 0 saturated carbocycles. The predicted molar refractivity (Wildman–Crippen MR) is 73.9 cm³/mol. The molecule has 18 heavy (non-hydrogen) atoms. The third kappa shape index (κ3) is 2.99. The molecular weight excluding hydrogens is 242 g/mol. The number of ketones is 1. The van der Waals surface area contributed by atoms with Crippen LogP contribution in [-0.2, 0) is 6.54 Å². The van der Waals surface area contributed by atoms with Crippen molar-refractivity contribution in [2.45, 2.75) is 18.4 Å². The van der Waals surface area contributed by atoms with Crippen LogP contribution in [-0.4, -0.2) is 12.0 Å². The summed E-state index contributed by atoms with van der Waals surface area (Å²) in [5.41, 5.74) is 1.86. The molecule has 0 bridgehead atoms. The van der Waals surface area contributed by atoms with Crippen LogP contribution < -0.4 is 4.57 Å². The molecule has 0 aliphatic carbocycles. The number of carbonyl (C=O) groups is 1. The molecule has 2 rings (SSSR count). The molecule has 1 aromatic carbocycles. The lowest BCUT2D eigenvalue weighted by Crippen LogP contribution is -2.40. The topological polar surface area (TPSA) is 20.9 Å². The highest BCUT2D eigenvalue weighted by Gasteiger charge is 2.13. The number of nitrogens with zero attached hydrogens (tertiary/aromatic N) is 1. The Morgan fingerprint density at radius 3 is 2.50 bits per heavy atom. The minimum Gasteiger partial charge on any atom is -0.287 e. The zero-order valence-electron chi connectivity index (χ0n) is 10.6. The fourth-order valence-corrected chi connectivity index (χ4v) is 2.17. The molecule has 0 unspecified atom stereocenters. The highest BCUT2D eigenvalue weighted by atomic mass is 32.2. The quantitative estimate of drug-likeness (QED) is 0.477. The fourth-order valence-electron chi connectivity index (χ4n) is 1.76. The Kier molecular flexibility index (Phi) is 4.15. The van der Waals surface area contributed by atoms with Crippen LogP contribution >= 0.6 is 11.8 Å². The van der Waals surface area contributed by atoms with Gasteiger partial charge in [-0.15, -0.1) is 11.8 Å². The highest BCUT2D eigenvalue weighted by Crippen LogP contribution is 2.15. The first-order chi connectivity index (χ1) is 8.70. The Labute approximate surface area is 112 Å². The second-order valence-corrected chi connectivity index (χ2v) is 5.00. The summed E-state index contributed by atoms with van der Waals surface area (Å²) in [4.78, 5) is 13.3. The number of benzene rings is 1. The number of thioether (sulfide) groups is 1. The van der Waals surface area contributed by atoms with E-state index in [1.807, 2.05) is 66.4 Å². The van der Waals surface area contributed by atoms with Crippen molar-refractivity contribution in [3.63, 3.8) is 0 Å². The Morgan fingerprint density at radius 2 is 1.89 bits per heavy atom. The maximum Gasteiger partial charge on any atom is 0.227 e. The van der Waals surface area contributed by atoms with Crippen LogP contribution in [0, 0.1) is 6.92 Å². The van der Waals surface area contributed by atoms with Crippen molar-refractivity contribution in [2.24, 2.45) is 0 Å². The van der Waals surface area contributed by atoms with Gasteiger partial charge in [0.05, 0.1) is 0 Å². The van der Waals surface area contributed by atoms with Crippen molar-refractivity contribution < 1.29 is 9.36 Å². The molecule has 0 saturated heterocycles. The van der Waals surface area contributed by atoms with Crippen LogP contribution in [0.25, 0.3) is 0 Å². The Morgan fingerprint density at radius 1 is 1.17 bits per heavy atom. The van der Waals surface area contributed by atoms with E-state index in [1.54, 1.807) is 11.8 Å². The SMILES string of the molecule is CSc1ccc(C(=O)C[n+]2ccccc2C)cc1. The second kappa shape index (κ2) is 5.83. The van der Waals surface area contributed by atoms with Crippen molar-refractivity contribution in [1.82, 2.24) is 0 Å². The summed E-state index contributed by atoms with van der Waals surface area (Å²) in [6, 6.07) is 13.7. The number of pyridine rings is 1. The average molecular weight is 258 g/mol. The summed E-state index contributed by atoms with van der Waals surface area (Å²) in [6.07, 6.45) is 3.96. The van der Waals surface area contributed by atoms with E-state index in [4.69, 9.17) is 0 Å². The lowest BCUT2D eigenvalue weighted by Gasteiger charge is -2.01. The number of hydrogen-bond donors (Lipinski definition) is 0. The van der Waals surface area contributed by atoms with Gasteiger partial charge in [0.25, 0.3) is 0 Å². The zero-order chi connectivity index (χ0) is 13.0. The summed E-state index contributed by atoms with van der Waals surface area (Å²) < 4.78 is 1.96. The lowest BCUT2D eigenvalue weighted by molar-refractivity contribution is -0.689. The van der Waals surface area contributed by atoms with E-state index < -0.39 is 0 Å². The third-order valence-electron chi connectivity index (χ3n) is 2.89. The first kappa shape index (κ1) is 12.8. The molecule has 2 nitrogen and oxygen atoms in total. The average Bonchev–Trinajstić information content (AvgIpc) is 2.41. The van der Waals surface area contributed by atoms with Crippen molar-refractivity contribution in [3.05, 3.63) is 59.9 Å². The minimum atomic E-state index is 0.141. The molecule has 3 heteroatoms. The molecule has 0 radical (unpaired) electrons. The first-order valence-corrected chi connectivity index (χ1v) is 7.05. The molecule has 92 valence electrons. The molecule has 0 aliphatic rings. The van der Waals surface area contributed by atoms with Gasteiger partial charge < -0.3 is 0 Å². The van der Waals surface area contributed by atoms with Crippen LogP contribution in [0.15, 0.2) is 53.6 Å². The van der Waals surface area contributed by atoms with Gasteiger partial charge in [-0.2, -0.15) is 4.57 Å². The van der Waals surface area contributed by atoms with Crippen molar-refractivity contribution in [2.75, 3.05) is 6.26 Å². The smallest absolute Gasteiger partial charge is 0.227 e. The number of carbonyl (C=O) groups excluding carboxylic acids is 1. The number of Topliss-reactive ketones (excluding diaryl/α,β-unsaturated/α-hetero) is 1. The van der Waals surface area contributed by atoms with Crippen molar-refractivity contribution >= 4 is 17.5 Å². The normalized spacial score (nSPS) is 10.3. The van der Waals surface area contributed by atoms with Crippen LogP contribution in [0.2, 0.25) is 0 Å². The number of aryl methyl sites for hydroxylation is 1. The van der Waals surface area contributed by atoms with E-state index in [-0.39, 0.29) is 5.78 Å². The number of aromatic nitrogens is 1. The molecule has 0 fully saturated rings. The van der Waals surface area contributed by atoms with Gasteiger partial charge in [-0.05, 0) is 18.4 Å². The molecular formula is C15H16NOS+. The van der Waals surface area contributed by atoms with Gasteiger partial charge in [-0.1, -0.05) is 18.2 Å². The summed E-state index contributed by atoms with van der Waals surface area (Å²) >= 11 is 1.68. The predicted octanol–water partition coefficient (Wildman–Crippen LogP) is 2.89. The largest absolute Gasteiger partial charge is 0.287 e. The Bertz CT molecular complexity index is 549. The number of rotatable bonds is 4. The van der Waals surface area contributed by atoms with Crippen LogP contribution in [0.4, 0.5) is 0 Å². The van der Waals surface area contributed by atoms with Crippen LogP contribution in [0.1, 0.15) is 16.1 Å². The Hall–Kier alpha value is -1.61. The third-order valence-corrected chi connectivity index (χ3v) is 3.64. The van der Waals surface area contributed by atoms with Crippen LogP contribution in [0.5, 0.6) is 0 Å². The zero-order valence-corrected chi connectivity index (χ0v) is 11.4. The van der Waals surface area contributed by atoms with E-state index in [2.05, 4.69) is 0 Å². The molecule has 0 aliphatic heterocycles. The maximum absolute atomic E-state index is 12.1. The van der Waals surface area contributed by atoms with Gasteiger partial charge in [-0.3, -0.25) is 4.79 Å². The van der Waals surface area contributed by atoms with E-state index in [0.717, 1.165) is 11.3 Å². The van der Waals surface area contributed by atoms with E-state index in [1.165, 1.54) is 4.90 Å². The van der Waals surface area contributed by atoms with Gasteiger partial charge in [0, 0.05) is 29.5 Å². The standard InChI is InChI=1S/C15H16NOS/c1-12-5-3-4-10-16(12)11-15(17)13-6-8-14(18-2)9-7-13/h3-10H,11H2,1-2H3/q+1. The fraction of sp³-hybridized carbons (Fsp3) is 0.200. The van der Waals surface area contributed by atoms with Gasteiger partial charge >= 0.3 is 0 Å². The molecule has 0 N–H and O–H groups in total. The highest BCUT2D eigenvalue weighted by molar-refractivity contribution is 7.98. The molecule has 0 spiro atoms. The van der Waals surface area contributed by atoms with Gasteiger partial charge in [0.1, 0.15) is 0 Å². The first-order valence-electron chi connectivity index (χ1n) is 5.83. The van der Waals surface area contributed by atoms with E-state index in [9.17, 15) is 4.79 Å². The lowest BCUT2D eigenvalue weighted by atomic mass is 10.1. The summed E-state index contributed by atoms with van der Waals surface area (Å²) in [5.74, 6) is 0.141. The Balaban J connectivity index is 2.14. The molecule has 0 atom stereocenters. The van der Waals surface area contributed by atoms with E-state index >= 15 is 0 Å².